The number of amides is 3. The number of urea groups is 1. The molecule has 4 saturated heterocycles. The van der Waals surface area contributed by atoms with Crippen molar-refractivity contribution >= 4 is 28.3 Å². The standard InChI is InChI=1S/C17H29N5O7S.C2HF3O2/c23-16(15-5-4-13-10-21(15)17(24)22(13)29-30(25,26)27)19-28-11-12-8-14(9-18-12)20-6-2-1-3-7-20;3-2(4,5)1(6)7/h12-15,18H,1-11H2,(H,19,23)(H,25,26,27);(H,6,7)/t12-,13-,14+,15+;/m1./s1. The largest absolute Gasteiger partial charge is 0.490 e. The first-order valence-corrected chi connectivity index (χ1v) is 13.1. The third-order valence-corrected chi connectivity index (χ3v) is 6.95. The Labute approximate surface area is 210 Å². The summed E-state index contributed by atoms with van der Waals surface area (Å²) in [6.45, 7) is 3.67. The molecule has 4 rings (SSSR count). The van der Waals surface area contributed by atoms with Gasteiger partial charge in [-0.1, -0.05) is 6.42 Å². The summed E-state index contributed by atoms with van der Waals surface area (Å²) in [6, 6.07) is -1.42. The van der Waals surface area contributed by atoms with Gasteiger partial charge in [0.05, 0.1) is 12.6 Å². The SMILES string of the molecule is O=C(NOC[C@H]1C[C@H](N2CCCCC2)CN1)[C@@H]1CC[C@@H]2CN1C(=O)N2OS(=O)(=O)O.O=C(O)C(F)(F)F. The number of aliphatic carboxylic acids is 1. The van der Waals surface area contributed by atoms with Gasteiger partial charge in [0.25, 0.3) is 5.91 Å². The van der Waals surface area contributed by atoms with Crippen molar-refractivity contribution in [2.75, 3.05) is 32.8 Å². The maximum atomic E-state index is 12.5. The number of nitrogens with zero attached hydrogens (tertiary/aromatic N) is 3. The summed E-state index contributed by atoms with van der Waals surface area (Å²) >= 11 is 0. The van der Waals surface area contributed by atoms with E-state index < -0.39 is 46.6 Å². The maximum Gasteiger partial charge on any atom is 0.490 e. The van der Waals surface area contributed by atoms with Crippen LogP contribution in [0, 0.1) is 0 Å². The van der Waals surface area contributed by atoms with E-state index in [9.17, 15) is 31.2 Å². The number of hydrogen-bond acceptors (Lipinski definition) is 9. The fraction of sp³-hybridized carbons (Fsp3) is 0.842. The molecule has 2 bridgehead atoms. The lowest BCUT2D eigenvalue weighted by Gasteiger charge is -2.31. The molecule has 4 heterocycles. The number of nitrogens with one attached hydrogen (secondary N) is 2. The number of hydrogen-bond donors (Lipinski definition) is 4. The second kappa shape index (κ2) is 12.1. The topological polar surface area (TPSA) is 178 Å². The molecule has 0 unspecified atom stereocenters. The monoisotopic (exact) mass is 561 g/mol. The molecule has 4 fully saturated rings. The average Bonchev–Trinajstić information content (AvgIpc) is 3.38. The number of rotatable bonds is 7. The Morgan fingerprint density at radius 1 is 1.14 bits per heavy atom. The van der Waals surface area contributed by atoms with Crippen LogP contribution in [0.25, 0.3) is 0 Å². The van der Waals surface area contributed by atoms with Crippen LogP contribution in [0.5, 0.6) is 0 Å². The molecule has 0 saturated carbocycles. The smallest absolute Gasteiger partial charge is 0.475 e. The Hall–Kier alpha value is -2.25. The van der Waals surface area contributed by atoms with Gasteiger partial charge in [-0.2, -0.15) is 26.7 Å². The number of likely N-dealkylation sites (tertiary alicyclic amines) is 1. The minimum Gasteiger partial charge on any atom is -0.475 e. The number of carboxylic acids is 1. The van der Waals surface area contributed by atoms with E-state index in [4.69, 9.17) is 19.3 Å². The summed E-state index contributed by atoms with van der Waals surface area (Å²) in [4.78, 5) is 43.0. The van der Waals surface area contributed by atoms with E-state index in [2.05, 4.69) is 20.0 Å². The van der Waals surface area contributed by atoms with Crippen LogP contribution in [0.3, 0.4) is 0 Å². The van der Waals surface area contributed by atoms with Crippen LogP contribution in [-0.2, 0) is 29.1 Å². The fourth-order valence-corrected chi connectivity index (χ4v) is 5.26. The van der Waals surface area contributed by atoms with Crippen molar-refractivity contribution < 1.29 is 54.8 Å². The summed E-state index contributed by atoms with van der Waals surface area (Å²) in [7, 11) is -4.81. The fourth-order valence-electron chi connectivity index (χ4n) is 4.87. The highest BCUT2D eigenvalue weighted by atomic mass is 32.3. The van der Waals surface area contributed by atoms with Crippen LogP contribution in [-0.4, -0.2) is 114 Å². The summed E-state index contributed by atoms with van der Waals surface area (Å²) in [5.41, 5.74) is 2.43. The first-order chi connectivity index (χ1) is 17.3. The van der Waals surface area contributed by atoms with Gasteiger partial charge in [-0.15, -0.1) is 4.28 Å². The van der Waals surface area contributed by atoms with Gasteiger partial charge in [0.1, 0.15) is 6.04 Å². The van der Waals surface area contributed by atoms with E-state index in [1.54, 1.807) is 0 Å². The van der Waals surface area contributed by atoms with Crippen LogP contribution >= 0.6 is 0 Å². The Balaban J connectivity index is 0.000000479. The Morgan fingerprint density at radius 2 is 1.78 bits per heavy atom. The van der Waals surface area contributed by atoms with Crippen LogP contribution < -0.4 is 10.8 Å². The van der Waals surface area contributed by atoms with E-state index >= 15 is 0 Å². The highest BCUT2D eigenvalue weighted by Gasteiger charge is 2.49. The molecule has 0 aliphatic carbocycles. The first-order valence-electron chi connectivity index (χ1n) is 11.7. The van der Waals surface area contributed by atoms with Gasteiger partial charge in [0.15, 0.2) is 0 Å². The van der Waals surface area contributed by atoms with E-state index in [0.717, 1.165) is 26.1 Å². The van der Waals surface area contributed by atoms with Crippen LogP contribution in [0.15, 0.2) is 0 Å². The number of fused-ring (bicyclic) bond motifs is 2. The highest BCUT2D eigenvalue weighted by molar-refractivity contribution is 7.80. The molecular formula is C19H30F3N5O9S. The molecule has 0 aromatic heterocycles. The van der Waals surface area contributed by atoms with E-state index in [-0.39, 0.29) is 12.6 Å². The molecular weight excluding hydrogens is 531 g/mol. The molecule has 18 heteroatoms. The van der Waals surface area contributed by atoms with Crippen molar-refractivity contribution in [3.05, 3.63) is 0 Å². The zero-order valence-corrected chi connectivity index (χ0v) is 20.5. The van der Waals surface area contributed by atoms with Gasteiger partial charge < -0.3 is 15.3 Å². The third kappa shape index (κ3) is 8.11. The van der Waals surface area contributed by atoms with Gasteiger partial charge in [0.2, 0.25) is 0 Å². The van der Waals surface area contributed by atoms with Crippen LogP contribution in [0.2, 0.25) is 0 Å². The van der Waals surface area contributed by atoms with Crippen molar-refractivity contribution in [2.45, 2.75) is 68.9 Å². The molecule has 14 nitrogen and oxygen atoms in total. The summed E-state index contributed by atoms with van der Waals surface area (Å²) in [5.74, 6) is -3.21. The van der Waals surface area contributed by atoms with Gasteiger partial charge in [0, 0.05) is 25.2 Å². The lowest BCUT2D eigenvalue weighted by atomic mass is 10.0. The molecule has 0 radical (unpaired) electrons. The molecule has 4 aliphatic rings. The highest BCUT2D eigenvalue weighted by Crippen LogP contribution is 2.30. The Morgan fingerprint density at radius 3 is 2.38 bits per heavy atom. The van der Waals surface area contributed by atoms with E-state index in [1.165, 1.54) is 24.2 Å². The number of carboxylic acid groups (broad SMARTS) is 1. The van der Waals surface area contributed by atoms with Crippen molar-refractivity contribution in [2.24, 2.45) is 0 Å². The third-order valence-electron chi connectivity index (χ3n) is 6.61. The Kier molecular flexibility index (Phi) is 9.57. The van der Waals surface area contributed by atoms with E-state index in [1.807, 2.05) is 0 Å². The maximum absolute atomic E-state index is 12.5. The lowest BCUT2D eigenvalue weighted by molar-refractivity contribution is -0.192. The molecule has 0 spiro atoms. The number of hydroxylamine groups is 3. The lowest BCUT2D eigenvalue weighted by Crippen LogP contribution is -2.50. The van der Waals surface area contributed by atoms with Gasteiger partial charge in [-0.05, 0) is 45.2 Å². The zero-order chi connectivity index (χ0) is 27.4. The molecule has 4 aliphatic heterocycles. The quantitative estimate of drug-likeness (QED) is 0.241. The molecule has 0 aromatic rings. The summed E-state index contributed by atoms with van der Waals surface area (Å²) < 4.78 is 66.8. The van der Waals surface area contributed by atoms with Gasteiger partial charge in [-0.3, -0.25) is 19.1 Å². The minimum atomic E-state index is -5.08. The first kappa shape index (κ1) is 29.3. The molecule has 4 atom stereocenters. The van der Waals surface area contributed by atoms with Crippen molar-refractivity contribution in [1.29, 1.82) is 0 Å². The number of halogens is 3. The predicted octanol–water partition coefficient (Wildman–Crippen LogP) is -0.113. The number of carbonyl (C=O) groups excluding carboxylic acids is 2. The minimum absolute atomic E-state index is 0.147. The van der Waals surface area contributed by atoms with Crippen LogP contribution in [0.4, 0.5) is 18.0 Å². The second-order valence-electron chi connectivity index (χ2n) is 9.18. The van der Waals surface area contributed by atoms with Gasteiger partial charge >= 0.3 is 28.6 Å². The zero-order valence-electron chi connectivity index (χ0n) is 19.7. The normalized spacial score (nSPS) is 28.6. The van der Waals surface area contributed by atoms with Crippen molar-refractivity contribution in [3.8, 4) is 0 Å². The average molecular weight is 562 g/mol. The van der Waals surface area contributed by atoms with E-state index in [0.29, 0.717) is 30.6 Å². The number of alkyl halides is 3. The predicted molar refractivity (Wildman–Crippen MR) is 117 cm³/mol. The molecule has 3 amide bonds. The molecule has 4 N–H and O–H groups in total. The van der Waals surface area contributed by atoms with Crippen molar-refractivity contribution in [3.63, 3.8) is 0 Å². The molecule has 0 aromatic carbocycles. The number of piperidine rings is 2. The van der Waals surface area contributed by atoms with Crippen LogP contribution in [0.1, 0.15) is 38.5 Å². The second-order valence-corrected chi connectivity index (χ2v) is 10.2. The Bertz CT molecular complexity index is 948. The molecule has 212 valence electrons. The number of carbonyl (C=O) groups is 3. The molecule has 37 heavy (non-hydrogen) atoms. The summed E-state index contributed by atoms with van der Waals surface area (Å²) in [5, 5.41) is 11.2. The van der Waals surface area contributed by atoms with Crippen molar-refractivity contribution in [1.82, 2.24) is 25.7 Å². The summed E-state index contributed by atoms with van der Waals surface area (Å²) in [6.07, 6.45) is 0.396. The van der Waals surface area contributed by atoms with Gasteiger partial charge in [-0.25, -0.2) is 15.1 Å².